The molecule has 1 aliphatic heterocycles. The topological polar surface area (TPSA) is 103 Å². The van der Waals surface area contributed by atoms with Gasteiger partial charge in [0.25, 0.3) is 0 Å². The Morgan fingerprint density at radius 3 is 2.58 bits per heavy atom. The number of aromatic amines is 1. The Bertz CT molecular complexity index is 1270. The molecule has 4 aromatic rings. The summed E-state index contributed by atoms with van der Waals surface area (Å²) in [5.74, 6) is 1.60. The molecule has 0 unspecified atom stereocenters. The lowest BCUT2D eigenvalue weighted by Crippen LogP contribution is -2.44. The van der Waals surface area contributed by atoms with Gasteiger partial charge in [-0.05, 0) is 31.3 Å². The molecule has 1 aliphatic rings. The van der Waals surface area contributed by atoms with E-state index in [1.165, 1.54) is 5.69 Å². The number of hydrogen-bond acceptors (Lipinski definition) is 7. The van der Waals surface area contributed by atoms with Gasteiger partial charge < -0.3 is 34.3 Å². The number of rotatable bonds is 4. The Morgan fingerprint density at radius 2 is 1.87 bits per heavy atom. The number of aryl methyl sites for hydroxylation is 1. The third-order valence-corrected chi connectivity index (χ3v) is 6.11. The first-order valence-electron chi connectivity index (χ1n) is 10.3. The van der Waals surface area contributed by atoms with Crippen LogP contribution in [0.5, 0.6) is 11.5 Å². The van der Waals surface area contributed by atoms with Crippen LogP contribution in [0.4, 0.5) is 5.69 Å². The molecule has 3 N–H and O–H groups in total. The number of aliphatic hydroxyl groups excluding tert-OH is 1. The van der Waals surface area contributed by atoms with Crippen LogP contribution in [0.1, 0.15) is 5.82 Å². The van der Waals surface area contributed by atoms with E-state index in [9.17, 15) is 10.2 Å². The number of nitrogens with zero attached hydrogens (tertiary/aromatic N) is 5. The van der Waals surface area contributed by atoms with Gasteiger partial charge in [-0.15, -0.1) is 0 Å². The van der Waals surface area contributed by atoms with Gasteiger partial charge in [0.2, 0.25) is 0 Å². The smallest absolute Gasteiger partial charge is 0.157 e. The molecule has 31 heavy (non-hydrogen) atoms. The van der Waals surface area contributed by atoms with Crippen LogP contribution in [-0.4, -0.2) is 75.0 Å². The van der Waals surface area contributed by atoms with Gasteiger partial charge >= 0.3 is 0 Å². The molecular weight excluding hydrogens is 396 g/mol. The molecule has 0 amide bonds. The second-order valence-electron chi connectivity index (χ2n) is 8.00. The van der Waals surface area contributed by atoms with Gasteiger partial charge in [-0.25, -0.2) is 9.97 Å². The molecule has 0 atom stereocenters. The molecule has 9 nitrogen and oxygen atoms in total. The summed E-state index contributed by atoms with van der Waals surface area (Å²) in [5.41, 5.74) is 4.54. The fourth-order valence-corrected chi connectivity index (χ4v) is 4.31. The van der Waals surface area contributed by atoms with Crippen molar-refractivity contribution in [1.82, 2.24) is 24.4 Å². The minimum absolute atomic E-state index is 0.0547. The monoisotopic (exact) mass is 422 g/mol. The van der Waals surface area contributed by atoms with Crippen molar-refractivity contribution in [2.75, 3.05) is 45.2 Å². The van der Waals surface area contributed by atoms with Gasteiger partial charge in [-0.2, -0.15) is 0 Å². The third kappa shape index (κ3) is 3.17. The molecule has 2 aromatic carbocycles. The highest BCUT2D eigenvalue weighted by atomic mass is 16.5. The number of benzene rings is 2. The summed E-state index contributed by atoms with van der Waals surface area (Å²) in [7, 11) is 5.46. The fourth-order valence-electron chi connectivity index (χ4n) is 4.31. The van der Waals surface area contributed by atoms with Gasteiger partial charge in [0, 0.05) is 38.9 Å². The molecule has 2 aromatic heterocycles. The number of nitrogens with one attached hydrogen (secondary N) is 1. The number of ether oxygens (including phenoxy) is 1. The molecule has 3 heterocycles. The molecule has 1 fully saturated rings. The van der Waals surface area contributed by atoms with Crippen LogP contribution in [0.25, 0.3) is 33.5 Å². The van der Waals surface area contributed by atoms with Gasteiger partial charge in [-0.1, -0.05) is 0 Å². The molecule has 0 radical (unpaired) electrons. The highest BCUT2D eigenvalue weighted by molar-refractivity contribution is 5.95. The van der Waals surface area contributed by atoms with Crippen LogP contribution in [-0.2, 0) is 13.7 Å². The molecule has 9 heteroatoms. The number of aliphatic hydroxyl groups is 1. The summed E-state index contributed by atoms with van der Waals surface area (Å²) in [6.45, 7) is 3.84. The van der Waals surface area contributed by atoms with Crippen LogP contribution in [0.15, 0.2) is 24.3 Å². The van der Waals surface area contributed by atoms with Crippen molar-refractivity contribution in [3.63, 3.8) is 0 Å². The highest BCUT2D eigenvalue weighted by Crippen LogP contribution is 2.41. The number of phenolic OH excluding ortho intramolecular Hbond substituents is 1. The molecule has 0 spiro atoms. The number of aromatic hydroxyl groups is 1. The molecule has 162 valence electrons. The van der Waals surface area contributed by atoms with E-state index in [4.69, 9.17) is 9.72 Å². The maximum absolute atomic E-state index is 10.7. The van der Waals surface area contributed by atoms with Crippen molar-refractivity contribution in [3.05, 3.63) is 30.1 Å². The Labute approximate surface area is 179 Å². The SMILES string of the molecule is COc1c(-c2nc3ccc(N4CCN(C)CC4)cc3[nH]2)cc(O)c2c1nc(CO)n2C. The summed E-state index contributed by atoms with van der Waals surface area (Å²) in [6, 6.07) is 7.86. The predicted molar refractivity (Wildman–Crippen MR) is 120 cm³/mol. The summed E-state index contributed by atoms with van der Waals surface area (Å²) >= 11 is 0. The number of phenols is 1. The van der Waals surface area contributed by atoms with Crippen LogP contribution in [0, 0.1) is 0 Å². The minimum Gasteiger partial charge on any atom is -0.506 e. The van der Waals surface area contributed by atoms with Crippen molar-refractivity contribution < 1.29 is 14.9 Å². The summed E-state index contributed by atoms with van der Waals surface area (Å²) in [6.07, 6.45) is 0. The van der Waals surface area contributed by atoms with Crippen molar-refractivity contribution >= 4 is 27.8 Å². The third-order valence-electron chi connectivity index (χ3n) is 6.11. The van der Waals surface area contributed by atoms with E-state index in [1.807, 2.05) is 6.07 Å². The van der Waals surface area contributed by atoms with Crippen LogP contribution >= 0.6 is 0 Å². The molecular formula is C22H26N6O3. The van der Waals surface area contributed by atoms with E-state index in [2.05, 4.69) is 38.9 Å². The number of hydrogen-bond donors (Lipinski definition) is 3. The fraction of sp³-hybridized carbons (Fsp3) is 0.364. The van der Waals surface area contributed by atoms with Gasteiger partial charge in [-0.3, -0.25) is 0 Å². The second kappa shape index (κ2) is 7.44. The van der Waals surface area contributed by atoms with Crippen molar-refractivity contribution in [2.24, 2.45) is 7.05 Å². The Morgan fingerprint density at radius 1 is 1.10 bits per heavy atom. The number of imidazole rings is 2. The van der Waals surface area contributed by atoms with E-state index in [0.29, 0.717) is 34.0 Å². The number of likely N-dealkylation sites (N-methyl/N-ethyl adjacent to an activating group) is 1. The zero-order chi connectivity index (χ0) is 21.7. The Hall–Kier alpha value is -3.30. The lowest BCUT2D eigenvalue weighted by Gasteiger charge is -2.34. The van der Waals surface area contributed by atoms with Crippen molar-refractivity contribution in [1.29, 1.82) is 0 Å². The summed E-state index contributed by atoms with van der Waals surface area (Å²) in [5, 5.41) is 20.3. The van der Waals surface area contributed by atoms with Crippen LogP contribution in [0.3, 0.4) is 0 Å². The lowest BCUT2D eigenvalue weighted by atomic mass is 10.1. The van der Waals surface area contributed by atoms with Gasteiger partial charge in [0.05, 0.1) is 23.7 Å². The number of fused-ring (bicyclic) bond motifs is 2. The van der Waals surface area contributed by atoms with Crippen molar-refractivity contribution in [2.45, 2.75) is 6.61 Å². The first-order valence-corrected chi connectivity index (χ1v) is 10.3. The van der Waals surface area contributed by atoms with Crippen LogP contribution in [0.2, 0.25) is 0 Å². The van der Waals surface area contributed by atoms with E-state index < -0.39 is 0 Å². The maximum atomic E-state index is 10.7. The number of piperazine rings is 1. The van der Waals surface area contributed by atoms with E-state index in [1.54, 1.807) is 24.8 Å². The molecule has 0 aliphatic carbocycles. The molecule has 0 bridgehead atoms. The minimum atomic E-state index is -0.233. The van der Waals surface area contributed by atoms with E-state index in [-0.39, 0.29) is 12.4 Å². The summed E-state index contributed by atoms with van der Waals surface area (Å²) in [4.78, 5) is 17.3. The standard InChI is InChI=1S/C22H26N6O3/c1-26-6-8-28(9-7-26)13-4-5-15-16(10-13)24-22(23-15)14-11-17(30)20-19(21(14)31-3)25-18(12-29)27(20)2/h4-5,10-11,29-30H,6-9,12H2,1-3H3,(H,23,24). The maximum Gasteiger partial charge on any atom is 0.157 e. The molecule has 0 saturated carbocycles. The van der Waals surface area contributed by atoms with E-state index in [0.717, 1.165) is 37.2 Å². The van der Waals surface area contributed by atoms with Crippen molar-refractivity contribution in [3.8, 4) is 22.9 Å². The lowest BCUT2D eigenvalue weighted by molar-refractivity contribution is 0.268. The largest absolute Gasteiger partial charge is 0.506 e. The first-order chi connectivity index (χ1) is 15.0. The quantitative estimate of drug-likeness (QED) is 0.463. The average Bonchev–Trinajstić information content (AvgIpc) is 3.35. The molecule has 5 rings (SSSR count). The van der Waals surface area contributed by atoms with Gasteiger partial charge in [0.1, 0.15) is 35.0 Å². The number of anilines is 1. The zero-order valence-corrected chi connectivity index (χ0v) is 17.9. The predicted octanol–water partition coefficient (Wildman–Crippen LogP) is 2.07. The number of methoxy groups -OCH3 is 1. The summed E-state index contributed by atoms with van der Waals surface area (Å²) < 4.78 is 7.33. The second-order valence-corrected chi connectivity index (χ2v) is 8.00. The Kier molecular flexibility index (Phi) is 4.71. The van der Waals surface area contributed by atoms with E-state index >= 15 is 0 Å². The normalized spacial score (nSPS) is 15.3. The van der Waals surface area contributed by atoms with Gasteiger partial charge in [0.15, 0.2) is 5.75 Å². The highest BCUT2D eigenvalue weighted by Gasteiger charge is 2.22. The molecule has 1 saturated heterocycles. The number of H-pyrrole nitrogens is 1. The number of aromatic nitrogens is 4. The average molecular weight is 422 g/mol. The first kappa shape index (κ1) is 19.7. The Balaban J connectivity index is 1.60. The zero-order valence-electron chi connectivity index (χ0n) is 17.9. The van der Waals surface area contributed by atoms with Crippen LogP contribution < -0.4 is 9.64 Å².